The first kappa shape index (κ1) is 26.3. The van der Waals surface area contributed by atoms with Crippen LogP contribution in [0, 0.1) is 0 Å². The molecule has 0 saturated carbocycles. The van der Waals surface area contributed by atoms with Gasteiger partial charge in [0, 0.05) is 21.8 Å². The van der Waals surface area contributed by atoms with E-state index >= 15 is 0 Å². The number of nitrogens with zero attached hydrogens (tertiary/aromatic N) is 3. The molecule has 0 aliphatic carbocycles. The van der Waals surface area contributed by atoms with Gasteiger partial charge in [0.15, 0.2) is 0 Å². The summed E-state index contributed by atoms with van der Waals surface area (Å²) >= 11 is 7.43. The van der Waals surface area contributed by atoms with Crippen LogP contribution in [0.2, 0.25) is 5.02 Å². The summed E-state index contributed by atoms with van der Waals surface area (Å²) in [6.07, 6.45) is -3.49. The van der Waals surface area contributed by atoms with Gasteiger partial charge < -0.3 is 10.4 Å². The van der Waals surface area contributed by atoms with Crippen molar-refractivity contribution in [2.24, 2.45) is 0 Å². The molecule has 3 aromatic heterocycles. The molecule has 5 rings (SSSR count). The van der Waals surface area contributed by atoms with E-state index in [0.717, 1.165) is 32.7 Å². The number of fused-ring (bicyclic) bond motifs is 2. The smallest absolute Gasteiger partial charge is 0.475 e. The minimum atomic E-state index is -5.08. The molecular formula is C25H18ClF3N4O3S. The standard InChI is InChI=1S/C23H17ClN4OS.C2HF3O2/c1-25-12-17-7-4-15-10-18(8-9-19(15)27-17)28-13-26-20-11-21(30-22(20)23(28)29)14-2-5-16(24)6-3-14;3-2(4,5)1(6)7/h2-11,13,25H,12H2,1H3;(H,6,7). The van der Waals surface area contributed by atoms with Crippen LogP contribution in [0.3, 0.4) is 0 Å². The number of carbonyl (C=O) groups is 1. The lowest BCUT2D eigenvalue weighted by molar-refractivity contribution is -0.192. The molecule has 0 atom stereocenters. The molecular weight excluding hydrogens is 529 g/mol. The first-order chi connectivity index (χ1) is 17.6. The van der Waals surface area contributed by atoms with E-state index < -0.39 is 12.1 Å². The Morgan fingerprint density at radius 2 is 1.78 bits per heavy atom. The van der Waals surface area contributed by atoms with Gasteiger partial charge in [-0.15, -0.1) is 11.3 Å². The maximum atomic E-state index is 13.2. The molecule has 0 spiro atoms. The molecule has 2 N–H and O–H groups in total. The minimum Gasteiger partial charge on any atom is -0.475 e. The van der Waals surface area contributed by atoms with Gasteiger partial charge >= 0.3 is 12.1 Å². The second-order valence-electron chi connectivity index (χ2n) is 7.76. The minimum absolute atomic E-state index is 0.0793. The van der Waals surface area contributed by atoms with Crippen molar-refractivity contribution in [2.75, 3.05) is 7.05 Å². The van der Waals surface area contributed by atoms with Gasteiger partial charge in [-0.1, -0.05) is 29.8 Å². The highest BCUT2D eigenvalue weighted by atomic mass is 35.5. The molecule has 0 aliphatic rings. The third-order valence-corrected chi connectivity index (χ3v) is 6.59. The van der Waals surface area contributed by atoms with Crippen molar-refractivity contribution >= 4 is 50.0 Å². The van der Waals surface area contributed by atoms with Crippen LogP contribution >= 0.6 is 22.9 Å². The molecule has 37 heavy (non-hydrogen) atoms. The van der Waals surface area contributed by atoms with Crippen LogP contribution in [-0.2, 0) is 11.3 Å². The van der Waals surface area contributed by atoms with E-state index in [1.807, 2.05) is 67.7 Å². The van der Waals surface area contributed by atoms with E-state index in [1.165, 1.54) is 11.3 Å². The molecule has 0 radical (unpaired) electrons. The quantitative estimate of drug-likeness (QED) is 0.301. The summed E-state index contributed by atoms with van der Waals surface area (Å²) in [6, 6.07) is 19.4. The third kappa shape index (κ3) is 5.96. The van der Waals surface area contributed by atoms with Crippen LogP contribution in [0.25, 0.3) is 37.2 Å². The summed E-state index contributed by atoms with van der Waals surface area (Å²) in [5, 5.41) is 11.9. The number of pyridine rings is 1. The number of rotatable bonds is 4. The Kier molecular flexibility index (Phi) is 7.58. The van der Waals surface area contributed by atoms with Gasteiger partial charge in [-0.05, 0) is 55.1 Å². The predicted octanol–water partition coefficient (Wildman–Crippen LogP) is 5.67. The second-order valence-corrected chi connectivity index (χ2v) is 9.25. The Morgan fingerprint density at radius 1 is 1.08 bits per heavy atom. The highest BCUT2D eigenvalue weighted by molar-refractivity contribution is 7.22. The number of aromatic nitrogens is 3. The average Bonchev–Trinajstić information content (AvgIpc) is 3.30. The van der Waals surface area contributed by atoms with Crippen LogP contribution in [0.1, 0.15) is 5.69 Å². The van der Waals surface area contributed by atoms with Crippen molar-refractivity contribution in [1.82, 2.24) is 19.9 Å². The van der Waals surface area contributed by atoms with E-state index in [9.17, 15) is 18.0 Å². The number of carboxylic acids is 1. The molecule has 0 unspecified atom stereocenters. The van der Waals surface area contributed by atoms with E-state index in [-0.39, 0.29) is 5.56 Å². The topological polar surface area (TPSA) is 97.1 Å². The first-order valence-electron chi connectivity index (χ1n) is 10.7. The fraction of sp³-hybridized carbons (Fsp3) is 0.120. The number of benzene rings is 2. The lowest BCUT2D eigenvalue weighted by atomic mass is 10.1. The molecule has 190 valence electrons. The van der Waals surface area contributed by atoms with E-state index in [1.54, 1.807) is 10.9 Å². The highest BCUT2D eigenvalue weighted by Crippen LogP contribution is 2.31. The van der Waals surface area contributed by atoms with Crippen molar-refractivity contribution in [3.63, 3.8) is 0 Å². The molecule has 0 aliphatic heterocycles. The second kappa shape index (κ2) is 10.7. The summed E-state index contributed by atoms with van der Waals surface area (Å²) in [6.45, 7) is 0.714. The lowest BCUT2D eigenvalue weighted by Gasteiger charge is -2.07. The predicted molar refractivity (Wildman–Crippen MR) is 137 cm³/mol. The molecule has 5 aromatic rings. The SMILES string of the molecule is CNCc1ccc2cc(-n3cnc4cc(-c5ccc(Cl)cc5)sc4c3=O)ccc2n1.O=C(O)C(F)(F)F. The number of alkyl halides is 3. The molecule has 2 aromatic carbocycles. The van der Waals surface area contributed by atoms with Crippen molar-refractivity contribution in [2.45, 2.75) is 12.7 Å². The molecule has 0 fully saturated rings. The first-order valence-corrected chi connectivity index (χ1v) is 11.9. The van der Waals surface area contributed by atoms with Crippen LogP contribution in [0.5, 0.6) is 0 Å². The number of aliphatic carboxylic acids is 1. The van der Waals surface area contributed by atoms with Gasteiger partial charge in [-0.3, -0.25) is 14.3 Å². The number of nitrogens with one attached hydrogen (secondary N) is 1. The zero-order chi connectivity index (χ0) is 26.7. The number of carboxylic acid groups (broad SMARTS) is 1. The van der Waals surface area contributed by atoms with Crippen LogP contribution < -0.4 is 10.9 Å². The zero-order valence-corrected chi connectivity index (χ0v) is 20.7. The molecule has 0 saturated heterocycles. The summed E-state index contributed by atoms with van der Waals surface area (Å²) in [5.74, 6) is -2.76. The summed E-state index contributed by atoms with van der Waals surface area (Å²) in [4.78, 5) is 32.2. The average molecular weight is 547 g/mol. The van der Waals surface area contributed by atoms with Gasteiger partial charge in [-0.2, -0.15) is 13.2 Å². The van der Waals surface area contributed by atoms with Crippen LogP contribution in [-0.4, -0.2) is 38.8 Å². The Morgan fingerprint density at radius 3 is 2.43 bits per heavy atom. The Hall–Kier alpha value is -3.80. The van der Waals surface area contributed by atoms with Crippen molar-refractivity contribution in [3.05, 3.63) is 88.1 Å². The van der Waals surface area contributed by atoms with Gasteiger partial charge in [-0.25, -0.2) is 9.78 Å². The van der Waals surface area contributed by atoms with Crippen LogP contribution in [0.15, 0.2) is 71.8 Å². The molecule has 3 heterocycles. The maximum Gasteiger partial charge on any atom is 0.490 e. The number of hydrogen-bond donors (Lipinski definition) is 2. The summed E-state index contributed by atoms with van der Waals surface area (Å²) in [5.41, 5.74) is 4.28. The molecule has 0 amide bonds. The highest BCUT2D eigenvalue weighted by Gasteiger charge is 2.38. The van der Waals surface area contributed by atoms with E-state index in [4.69, 9.17) is 21.5 Å². The number of halogens is 4. The summed E-state index contributed by atoms with van der Waals surface area (Å²) < 4.78 is 34.0. The molecule has 7 nitrogen and oxygen atoms in total. The molecule has 0 bridgehead atoms. The van der Waals surface area contributed by atoms with Crippen molar-refractivity contribution < 1.29 is 23.1 Å². The normalized spacial score (nSPS) is 11.4. The van der Waals surface area contributed by atoms with Crippen molar-refractivity contribution in [1.29, 1.82) is 0 Å². The van der Waals surface area contributed by atoms with E-state index in [2.05, 4.69) is 15.3 Å². The largest absolute Gasteiger partial charge is 0.490 e. The maximum absolute atomic E-state index is 13.2. The number of thiophene rings is 1. The molecule has 12 heteroatoms. The fourth-order valence-electron chi connectivity index (χ4n) is 3.44. The van der Waals surface area contributed by atoms with Gasteiger partial charge in [0.25, 0.3) is 5.56 Å². The Labute approximate surface area is 216 Å². The number of hydrogen-bond acceptors (Lipinski definition) is 6. The van der Waals surface area contributed by atoms with Gasteiger partial charge in [0.05, 0.1) is 22.4 Å². The zero-order valence-electron chi connectivity index (χ0n) is 19.1. The Balaban J connectivity index is 0.000000405. The summed E-state index contributed by atoms with van der Waals surface area (Å²) in [7, 11) is 1.90. The lowest BCUT2D eigenvalue weighted by Crippen LogP contribution is -2.21. The van der Waals surface area contributed by atoms with Crippen molar-refractivity contribution in [3.8, 4) is 16.1 Å². The van der Waals surface area contributed by atoms with Gasteiger partial charge in [0.2, 0.25) is 0 Å². The van der Waals surface area contributed by atoms with Crippen LogP contribution in [0.4, 0.5) is 13.2 Å². The Bertz CT molecular complexity index is 1650. The van der Waals surface area contributed by atoms with Gasteiger partial charge in [0.1, 0.15) is 11.0 Å². The third-order valence-electron chi connectivity index (χ3n) is 5.18. The monoisotopic (exact) mass is 546 g/mol. The van der Waals surface area contributed by atoms with E-state index in [0.29, 0.717) is 21.8 Å². The fourth-order valence-corrected chi connectivity index (χ4v) is 4.61.